The second kappa shape index (κ2) is 6.81. The summed E-state index contributed by atoms with van der Waals surface area (Å²) in [6, 6.07) is 24.5. The van der Waals surface area contributed by atoms with Crippen molar-refractivity contribution in [3.8, 4) is 0 Å². The van der Waals surface area contributed by atoms with Gasteiger partial charge in [0.25, 0.3) is 0 Å². The van der Waals surface area contributed by atoms with E-state index in [0.717, 1.165) is 0 Å². The third-order valence-corrected chi connectivity index (χ3v) is 9.79. The van der Waals surface area contributed by atoms with Crippen molar-refractivity contribution in [2.24, 2.45) is 0 Å². The van der Waals surface area contributed by atoms with E-state index in [1.807, 2.05) is 0 Å². The number of benzene rings is 2. The first-order valence-corrected chi connectivity index (χ1v) is 9.01. The third kappa shape index (κ3) is 2.96. The van der Waals surface area contributed by atoms with E-state index in [4.69, 9.17) is 0 Å². The van der Waals surface area contributed by atoms with Crippen molar-refractivity contribution < 1.29 is 18.9 Å². The Morgan fingerprint density at radius 3 is 1.35 bits per heavy atom. The summed E-state index contributed by atoms with van der Waals surface area (Å²) in [6.45, 7) is 9.36. The topological polar surface area (TPSA) is 0 Å². The van der Waals surface area contributed by atoms with Crippen LogP contribution in [0.3, 0.4) is 0 Å². The summed E-state index contributed by atoms with van der Waals surface area (Å²) in [4.78, 5) is 0. The second-order valence-electron chi connectivity index (χ2n) is 6.08. The number of rotatable bonds is 3. The first-order chi connectivity index (χ1) is 9.02. The van der Waals surface area contributed by atoms with Crippen molar-refractivity contribution in [1.29, 1.82) is 0 Å². The molecule has 2 aromatic rings. The normalized spacial score (nSPS) is 11.8. The molecule has 0 saturated carbocycles. The largest absolute Gasteiger partial charge is 1.00 e. The van der Waals surface area contributed by atoms with Gasteiger partial charge in [0.1, 0.15) is 0 Å². The molecule has 0 radical (unpaired) electrons. The second-order valence-corrected chi connectivity index (χ2v) is 10.9. The molecule has 0 aliphatic carbocycles. The van der Waals surface area contributed by atoms with E-state index in [0.29, 0.717) is 0 Å². The summed E-state index contributed by atoms with van der Waals surface area (Å²) in [6.07, 6.45) is 0. The van der Waals surface area contributed by atoms with Crippen LogP contribution in [-0.2, 0) is 0 Å². The minimum absolute atomic E-state index is 0. The monoisotopic (exact) mass is 274 g/mol. The summed E-state index contributed by atoms with van der Waals surface area (Å²) in [5.41, 5.74) is 0. The van der Waals surface area contributed by atoms with E-state index in [1.54, 1.807) is 0 Å². The Morgan fingerprint density at radius 1 is 0.750 bits per heavy atom. The van der Waals surface area contributed by atoms with Gasteiger partial charge in [0, 0.05) is 0 Å². The molecule has 0 spiro atoms. The van der Waals surface area contributed by atoms with Gasteiger partial charge < -0.3 is 6.04 Å². The predicted octanol–water partition coefficient (Wildman–Crippen LogP) is 0.817. The standard InChI is InChI=1S/C18H23Si.Li/c1-5-19(18(2,3)4,16-12-8-6-9-13-16)17-14-10-7-11-15-17;/h5-15H,1-4H3;/q-1;+1. The van der Waals surface area contributed by atoms with Crippen molar-refractivity contribution in [3.63, 3.8) is 0 Å². The molecule has 20 heavy (non-hydrogen) atoms. The molecule has 0 amide bonds. The Balaban J connectivity index is 0.00000200. The summed E-state index contributed by atoms with van der Waals surface area (Å²) in [7, 11) is -1.85. The molecule has 2 heteroatoms. The minimum atomic E-state index is -1.85. The fourth-order valence-electron chi connectivity index (χ4n) is 3.20. The van der Waals surface area contributed by atoms with Crippen LogP contribution in [0.25, 0.3) is 0 Å². The van der Waals surface area contributed by atoms with Crippen molar-refractivity contribution in [2.75, 3.05) is 0 Å². The van der Waals surface area contributed by atoms with Crippen molar-refractivity contribution in [1.82, 2.24) is 0 Å². The Labute approximate surface area is 136 Å². The van der Waals surface area contributed by atoms with E-state index in [-0.39, 0.29) is 23.9 Å². The quantitative estimate of drug-likeness (QED) is 0.574. The van der Waals surface area contributed by atoms with Gasteiger partial charge in [0.2, 0.25) is 0 Å². The molecule has 0 atom stereocenters. The van der Waals surface area contributed by atoms with Crippen molar-refractivity contribution >= 4 is 18.4 Å². The molecule has 0 heterocycles. The summed E-state index contributed by atoms with van der Waals surface area (Å²) in [5, 5.41) is 3.25. The zero-order valence-corrected chi connectivity index (χ0v) is 14.4. The van der Waals surface area contributed by atoms with Crippen LogP contribution in [0.15, 0.2) is 60.7 Å². The molecule has 0 fully saturated rings. The van der Waals surface area contributed by atoms with Crippen molar-refractivity contribution in [3.05, 3.63) is 66.7 Å². The molecule has 0 N–H and O–H groups in total. The fourth-order valence-corrected chi connectivity index (χ4v) is 8.24. The van der Waals surface area contributed by atoms with Crippen LogP contribution < -0.4 is 29.2 Å². The van der Waals surface area contributed by atoms with E-state index < -0.39 is 8.07 Å². The molecule has 0 bridgehead atoms. The Hall–Kier alpha value is -0.746. The van der Waals surface area contributed by atoms with Crippen LogP contribution in [0.1, 0.15) is 27.7 Å². The van der Waals surface area contributed by atoms with Gasteiger partial charge in [-0.05, 0) is 8.07 Å². The molecule has 2 aromatic carbocycles. The molecular weight excluding hydrogens is 251 g/mol. The SMILES string of the molecule is C[CH-][Si](c1ccccc1)(c1ccccc1)C(C)(C)C.[Li+]. The first-order valence-electron chi connectivity index (χ1n) is 6.94. The average Bonchev–Trinajstić information content (AvgIpc) is 2.41. The Morgan fingerprint density at radius 2 is 1.10 bits per heavy atom. The predicted molar refractivity (Wildman–Crippen MR) is 87.6 cm³/mol. The van der Waals surface area contributed by atoms with Crippen LogP contribution in [0.2, 0.25) is 5.04 Å². The summed E-state index contributed by atoms with van der Waals surface area (Å²) < 4.78 is 0. The maximum Gasteiger partial charge on any atom is 1.00 e. The Bertz CT molecular complexity index is 475. The van der Waals surface area contributed by atoms with E-state index in [1.165, 1.54) is 10.4 Å². The molecular formula is C18H23LiSi. The number of hydrogen-bond donors (Lipinski definition) is 0. The minimum Gasteiger partial charge on any atom is -0.321 e. The smallest absolute Gasteiger partial charge is 0.321 e. The summed E-state index contributed by atoms with van der Waals surface area (Å²) in [5.74, 6) is 0. The molecule has 0 saturated heterocycles. The van der Waals surface area contributed by atoms with Crippen LogP contribution in [0, 0.1) is 6.04 Å². The molecule has 0 nitrogen and oxygen atoms in total. The Kier molecular flexibility index (Phi) is 5.89. The molecule has 0 aromatic heterocycles. The van der Waals surface area contributed by atoms with Crippen LogP contribution in [-0.4, -0.2) is 8.07 Å². The molecule has 2 rings (SSSR count). The third-order valence-electron chi connectivity index (χ3n) is 4.07. The molecule has 0 aliphatic heterocycles. The van der Waals surface area contributed by atoms with Gasteiger partial charge in [-0.15, -0.1) is 0 Å². The van der Waals surface area contributed by atoms with E-state index in [9.17, 15) is 0 Å². The van der Waals surface area contributed by atoms with Crippen LogP contribution >= 0.6 is 0 Å². The van der Waals surface area contributed by atoms with Gasteiger partial charge in [0.15, 0.2) is 0 Å². The maximum absolute atomic E-state index is 2.48. The van der Waals surface area contributed by atoms with Crippen LogP contribution in [0.4, 0.5) is 0 Å². The van der Waals surface area contributed by atoms with Gasteiger partial charge in [-0.25, -0.2) is 0 Å². The first kappa shape index (κ1) is 17.3. The zero-order valence-electron chi connectivity index (χ0n) is 13.4. The molecule has 0 unspecified atom stereocenters. The van der Waals surface area contributed by atoms with Gasteiger partial charge >= 0.3 is 18.9 Å². The van der Waals surface area contributed by atoms with Crippen LogP contribution in [0.5, 0.6) is 0 Å². The summed E-state index contributed by atoms with van der Waals surface area (Å²) >= 11 is 0. The van der Waals surface area contributed by atoms with Gasteiger partial charge in [0.05, 0.1) is 0 Å². The van der Waals surface area contributed by atoms with E-state index >= 15 is 0 Å². The molecule has 100 valence electrons. The van der Waals surface area contributed by atoms with Gasteiger partial charge in [-0.2, -0.15) is 6.92 Å². The fraction of sp³-hybridized carbons (Fsp3) is 0.278. The average molecular weight is 274 g/mol. The maximum atomic E-state index is 2.48. The zero-order chi connectivity index (χ0) is 13.9. The number of hydrogen-bond acceptors (Lipinski definition) is 0. The van der Waals surface area contributed by atoms with Crippen molar-refractivity contribution in [2.45, 2.75) is 32.7 Å². The van der Waals surface area contributed by atoms with Gasteiger partial charge in [-0.3, -0.25) is 0 Å². The molecule has 0 aliphatic rings. The van der Waals surface area contributed by atoms with E-state index in [2.05, 4.69) is 94.4 Å². The van der Waals surface area contributed by atoms with Gasteiger partial charge in [-0.1, -0.05) is 96.8 Å².